The molecule has 0 aromatic carbocycles. The molecule has 0 amide bonds. The van der Waals surface area contributed by atoms with Crippen LogP contribution >= 0.6 is 0 Å². The van der Waals surface area contributed by atoms with Gasteiger partial charge in [0, 0.05) is 0 Å². The molecule has 0 saturated carbocycles. The Labute approximate surface area is 87.5 Å². The van der Waals surface area contributed by atoms with Crippen LogP contribution in [0.25, 0.3) is 0 Å². The number of esters is 1. The molecule has 0 aliphatic carbocycles. The SMILES string of the molecule is CC(C)OC(=O)c1ccc(COC=N)o1. The van der Waals surface area contributed by atoms with Gasteiger partial charge in [-0.1, -0.05) is 0 Å². The quantitative estimate of drug-likeness (QED) is 0.459. The second kappa shape index (κ2) is 5.19. The number of rotatable bonds is 5. The van der Waals surface area contributed by atoms with Crippen molar-refractivity contribution in [2.24, 2.45) is 0 Å². The van der Waals surface area contributed by atoms with Gasteiger partial charge in [0.2, 0.25) is 5.76 Å². The van der Waals surface area contributed by atoms with Gasteiger partial charge >= 0.3 is 5.97 Å². The van der Waals surface area contributed by atoms with Gasteiger partial charge < -0.3 is 13.9 Å². The first-order valence-electron chi connectivity index (χ1n) is 4.53. The summed E-state index contributed by atoms with van der Waals surface area (Å²) in [6, 6.07) is 3.13. The van der Waals surface area contributed by atoms with Crippen molar-refractivity contribution < 1.29 is 18.7 Å². The Balaban J connectivity index is 2.58. The number of carbonyl (C=O) groups excluding carboxylic acids is 1. The van der Waals surface area contributed by atoms with E-state index < -0.39 is 5.97 Å². The van der Waals surface area contributed by atoms with Crippen LogP contribution < -0.4 is 0 Å². The Bertz CT molecular complexity index is 343. The minimum Gasteiger partial charge on any atom is -0.476 e. The topological polar surface area (TPSA) is 72.5 Å². The monoisotopic (exact) mass is 211 g/mol. The van der Waals surface area contributed by atoms with E-state index in [1.54, 1.807) is 19.9 Å². The van der Waals surface area contributed by atoms with Crippen LogP contribution in [0.2, 0.25) is 0 Å². The average Bonchev–Trinajstić information content (AvgIpc) is 2.62. The highest BCUT2D eigenvalue weighted by Gasteiger charge is 2.13. The van der Waals surface area contributed by atoms with Gasteiger partial charge in [0.05, 0.1) is 6.10 Å². The van der Waals surface area contributed by atoms with Gasteiger partial charge in [0.1, 0.15) is 12.4 Å². The van der Waals surface area contributed by atoms with E-state index >= 15 is 0 Å². The molecule has 0 atom stereocenters. The summed E-state index contributed by atoms with van der Waals surface area (Å²) in [6.45, 7) is 3.66. The molecule has 0 bridgehead atoms. The van der Waals surface area contributed by atoms with Gasteiger partial charge in [-0.15, -0.1) is 0 Å². The fourth-order valence-corrected chi connectivity index (χ4v) is 0.961. The first-order chi connectivity index (χ1) is 7.13. The van der Waals surface area contributed by atoms with Crippen molar-refractivity contribution in [3.05, 3.63) is 23.7 Å². The van der Waals surface area contributed by atoms with Crippen LogP contribution in [-0.2, 0) is 16.1 Å². The third-order valence-corrected chi connectivity index (χ3v) is 1.51. The molecule has 0 aliphatic rings. The lowest BCUT2D eigenvalue weighted by Crippen LogP contribution is -2.10. The van der Waals surface area contributed by atoms with E-state index in [2.05, 4.69) is 4.74 Å². The average molecular weight is 211 g/mol. The molecule has 0 spiro atoms. The van der Waals surface area contributed by atoms with Gasteiger partial charge in [0.15, 0.2) is 6.40 Å². The molecule has 1 heterocycles. The fourth-order valence-electron chi connectivity index (χ4n) is 0.961. The molecule has 1 rings (SSSR count). The molecule has 82 valence electrons. The molecule has 0 aliphatic heterocycles. The zero-order valence-corrected chi connectivity index (χ0v) is 8.65. The van der Waals surface area contributed by atoms with Crippen molar-refractivity contribution in [2.75, 3.05) is 0 Å². The van der Waals surface area contributed by atoms with Crippen molar-refractivity contribution >= 4 is 12.4 Å². The molecule has 5 heteroatoms. The van der Waals surface area contributed by atoms with Gasteiger partial charge in [-0.2, -0.15) is 0 Å². The van der Waals surface area contributed by atoms with Crippen LogP contribution in [0.3, 0.4) is 0 Å². The first kappa shape index (κ1) is 11.3. The Kier molecular flexibility index (Phi) is 3.91. The molecular formula is C10H13NO4. The summed E-state index contributed by atoms with van der Waals surface area (Å²) in [7, 11) is 0. The summed E-state index contributed by atoms with van der Waals surface area (Å²) >= 11 is 0. The van der Waals surface area contributed by atoms with Crippen LogP contribution in [0.4, 0.5) is 0 Å². The maximum atomic E-state index is 11.3. The molecule has 1 aromatic heterocycles. The predicted molar refractivity (Wildman–Crippen MR) is 52.8 cm³/mol. The molecule has 1 N–H and O–H groups in total. The molecule has 5 nitrogen and oxygen atoms in total. The molecule has 0 unspecified atom stereocenters. The molecule has 0 fully saturated rings. The van der Waals surface area contributed by atoms with E-state index in [-0.39, 0.29) is 18.5 Å². The lowest BCUT2D eigenvalue weighted by molar-refractivity contribution is 0.0337. The lowest BCUT2D eigenvalue weighted by Gasteiger charge is -2.04. The highest BCUT2D eigenvalue weighted by Crippen LogP contribution is 2.10. The number of ether oxygens (including phenoxy) is 2. The van der Waals surface area contributed by atoms with E-state index in [0.717, 1.165) is 6.40 Å². The number of hydrogen-bond donors (Lipinski definition) is 1. The van der Waals surface area contributed by atoms with Crippen molar-refractivity contribution in [3.8, 4) is 0 Å². The standard InChI is InChI=1S/C10H13NO4/c1-7(2)14-10(12)9-4-3-8(15-9)5-13-6-11/h3-4,6-7,11H,5H2,1-2H3. The van der Waals surface area contributed by atoms with Crippen molar-refractivity contribution in [1.29, 1.82) is 5.41 Å². The normalized spacial score (nSPS) is 10.1. The fraction of sp³-hybridized carbons (Fsp3) is 0.400. The maximum Gasteiger partial charge on any atom is 0.374 e. The van der Waals surface area contributed by atoms with E-state index in [9.17, 15) is 4.79 Å². The van der Waals surface area contributed by atoms with E-state index in [0.29, 0.717) is 5.76 Å². The summed E-state index contributed by atoms with van der Waals surface area (Å²) in [5.74, 6) is 0.132. The van der Waals surface area contributed by atoms with Crippen LogP contribution in [0, 0.1) is 5.41 Å². The highest BCUT2D eigenvalue weighted by molar-refractivity contribution is 5.86. The third-order valence-electron chi connectivity index (χ3n) is 1.51. The summed E-state index contributed by atoms with van der Waals surface area (Å²) in [6.07, 6.45) is 0.637. The Morgan fingerprint density at radius 2 is 2.33 bits per heavy atom. The minimum atomic E-state index is -0.494. The lowest BCUT2D eigenvalue weighted by atomic mass is 10.4. The number of carbonyl (C=O) groups is 1. The summed E-state index contributed by atoms with van der Waals surface area (Å²) in [5.41, 5.74) is 0. The second-order valence-electron chi connectivity index (χ2n) is 3.15. The summed E-state index contributed by atoms with van der Waals surface area (Å²) in [5, 5.41) is 6.66. The second-order valence-corrected chi connectivity index (χ2v) is 3.15. The summed E-state index contributed by atoms with van der Waals surface area (Å²) < 4.78 is 14.8. The number of hydrogen-bond acceptors (Lipinski definition) is 5. The molecular weight excluding hydrogens is 198 g/mol. The Morgan fingerprint density at radius 3 is 2.93 bits per heavy atom. The molecule has 1 aromatic rings. The predicted octanol–water partition coefficient (Wildman–Crippen LogP) is 1.97. The Morgan fingerprint density at radius 1 is 1.60 bits per heavy atom. The van der Waals surface area contributed by atoms with Crippen molar-refractivity contribution in [2.45, 2.75) is 26.6 Å². The van der Waals surface area contributed by atoms with Crippen LogP contribution in [0.5, 0.6) is 0 Å². The summed E-state index contributed by atoms with van der Waals surface area (Å²) in [4.78, 5) is 11.3. The zero-order valence-electron chi connectivity index (χ0n) is 8.65. The zero-order chi connectivity index (χ0) is 11.3. The van der Waals surface area contributed by atoms with E-state index in [1.807, 2.05) is 0 Å². The van der Waals surface area contributed by atoms with Crippen LogP contribution in [0.1, 0.15) is 30.2 Å². The van der Waals surface area contributed by atoms with Gasteiger partial charge in [0.25, 0.3) is 0 Å². The third kappa shape index (κ3) is 3.46. The molecule has 0 saturated heterocycles. The minimum absolute atomic E-state index is 0.137. The van der Waals surface area contributed by atoms with Crippen molar-refractivity contribution in [1.82, 2.24) is 0 Å². The van der Waals surface area contributed by atoms with Crippen LogP contribution in [0.15, 0.2) is 16.5 Å². The van der Waals surface area contributed by atoms with E-state index in [4.69, 9.17) is 14.6 Å². The largest absolute Gasteiger partial charge is 0.476 e. The maximum absolute atomic E-state index is 11.3. The van der Waals surface area contributed by atoms with Crippen LogP contribution in [-0.4, -0.2) is 18.5 Å². The first-order valence-corrected chi connectivity index (χ1v) is 4.53. The molecule has 0 radical (unpaired) electrons. The van der Waals surface area contributed by atoms with Crippen molar-refractivity contribution in [3.63, 3.8) is 0 Å². The molecule has 15 heavy (non-hydrogen) atoms. The smallest absolute Gasteiger partial charge is 0.374 e. The number of furan rings is 1. The van der Waals surface area contributed by atoms with Gasteiger partial charge in [-0.25, -0.2) is 4.79 Å². The van der Waals surface area contributed by atoms with Gasteiger partial charge in [-0.3, -0.25) is 5.41 Å². The van der Waals surface area contributed by atoms with Gasteiger partial charge in [-0.05, 0) is 26.0 Å². The number of nitrogens with one attached hydrogen (secondary N) is 1. The highest BCUT2D eigenvalue weighted by atomic mass is 16.6. The van der Waals surface area contributed by atoms with E-state index in [1.165, 1.54) is 6.07 Å². The Hall–Kier alpha value is -1.78.